The summed E-state index contributed by atoms with van der Waals surface area (Å²) in [5.41, 5.74) is 18.3. The van der Waals surface area contributed by atoms with Crippen molar-refractivity contribution in [3.8, 4) is 33.4 Å². The zero-order chi connectivity index (χ0) is 32.9. The molecule has 1 fully saturated rings. The van der Waals surface area contributed by atoms with Gasteiger partial charge in [0.25, 0.3) is 0 Å². The van der Waals surface area contributed by atoms with Crippen LogP contribution in [0.15, 0.2) is 103 Å². The van der Waals surface area contributed by atoms with Gasteiger partial charge in [0.05, 0.1) is 27.4 Å². The largest absolute Gasteiger partial charge is 0.354 e. The minimum atomic E-state index is 0.271. The number of hydrogen-bond acceptors (Lipinski definition) is 4. The Hall–Kier alpha value is -5.04. The molecule has 4 nitrogen and oxygen atoms in total. The standard InChI is InChI=1S/C43H34N4S2/c1-26-8-12-29(13-9-26)40-33-18-16-31(44-33)39(28-6-4-3-5-7-28)32-17-19-34(45-32)41(30-14-10-27(2)11-15-30)36-21-23-38(47-36)42(43-48-24-25-49-43)37-22-20-35(40)46-37/h3-23,43-45H,24-25H2,1-2H3. The first-order valence-electron chi connectivity index (χ1n) is 16.7. The number of aryl methyl sites for hydroxylation is 2. The van der Waals surface area contributed by atoms with Crippen molar-refractivity contribution in [2.75, 3.05) is 11.5 Å². The highest BCUT2D eigenvalue weighted by Gasteiger charge is 2.26. The predicted molar refractivity (Wildman–Crippen MR) is 212 cm³/mol. The van der Waals surface area contributed by atoms with Crippen molar-refractivity contribution in [2.45, 2.75) is 18.4 Å². The summed E-state index contributed by atoms with van der Waals surface area (Å²) < 4.78 is 0.271. The second-order valence-electron chi connectivity index (χ2n) is 12.7. The van der Waals surface area contributed by atoms with E-state index in [2.05, 4.69) is 151 Å². The summed E-state index contributed by atoms with van der Waals surface area (Å²) in [6.07, 6.45) is 8.74. The summed E-state index contributed by atoms with van der Waals surface area (Å²) in [6.45, 7) is 4.26. The third-order valence-corrected chi connectivity index (χ3v) is 12.4. The van der Waals surface area contributed by atoms with Crippen molar-refractivity contribution in [1.82, 2.24) is 19.9 Å². The summed E-state index contributed by atoms with van der Waals surface area (Å²) >= 11 is 3.98. The molecule has 3 aliphatic rings. The molecule has 0 atom stereocenters. The molecule has 0 unspecified atom stereocenters. The van der Waals surface area contributed by atoms with Crippen LogP contribution in [0, 0.1) is 13.8 Å². The molecule has 0 saturated carbocycles. The van der Waals surface area contributed by atoms with Crippen molar-refractivity contribution in [1.29, 1.82) is 0 Å². The molecular weight excluding hydrogens is 637 g/mol. The number of nitrogens with one attached hydrogen (secondary N) is 2. The van der Waals surface area contributed by atoms with Gasteiger partial charge in [0.15, 0.2) is 0 Å². The first-order chi connectivity index (χ1) is 24.1. The summed E-state index contributed by atoms with van der Waals surface area (Å²) in [5.74, 6) is 2.25. The molecule has 3 aromatic carbocycles. The van der Waals surface area contributed by atoms with Crippen LogP contribution in [0.1, 0.15) is 44.0 Å². The third-order valence-electron chi connectivity index (χ3n) is 9.39. The molecule has 1 saturated heterocycles. The Labute approximate surface area is 294 Å². The van der Waals surface area contributed by atoms with Crippen molar-refractivity contribution in [2.24, 2.45) is 0 Å². The Bertz CT molecular complexity index is 2300. The van der Waals surface area contributed by atoms with Crippen LogP contribution in [0.2, 0.25) is 0 Å². The van der Waals surface area contributed by atoms with Crippen LogP contribution >= 0.6 is 23.5 Å². The van der Waals surface area contributed by atoms with Gasteiger partial charge in [0.2, 0.25) is 0 Å². The SMILES string of the molecule is Cc1ccc(-c2c3nc(c(C4SCCS4)c4nc(c(-c5ccc(C)cc5)c5ccc([nH]5)c(-c5ccccc5)c5ccc2[nH]5)C=C4)C=C3)cc1. The maximum Gasteiger partial charge on any atom is 0.0794 e. The molecule has 0 amide bonds. The maximum absolute atomic E-state index is 5.41. The lowest BCUT2D eigenvalue weighted by Crippen LogP contribution is -1.96. The highest BCUT2D eigenvalue weighted by Crippen LogP contribution is 2.48. The lowest BCUT2D eigenvalue weighted by atomic mass is 10.0. The van der Waals surface area contributed by atoms with Gasteiger partial charge in [0.1, 0.15) is 0 Å². The average molecular weight is 671 g/mol. The molecule has 6 heterocycles. The molecule has 2 N–H and O–H groups in total. The van der Waals surface area contributed by atoms with Gasteiger partial charge in [-0.15, -0.1) is 23.5 Å². The molecule has 3 aliphatic heterocycles. The minimum Gasteiger partial charge on any atom is -0.354 e. The Kier molecular flexibility index (Phi) is 7.63. The Morgan fingerprint density at radius 2 is 0.878 bits per heavy atom. The van der Waals surface area contributed by atoms with Crippen LogP contribution < -0.4 is 0 Å². The number of hydrogen-bond donors (Lipinski definition) is 2. The number of benzene rings is 3. The first kappa shape index (κ1) is 30.1. The van der Waals surface area contributed by atoms with Gasteiger partial charge in [-0.25, -0.2) is 9.97 Å². The van der Waals surface area contributed by atoms with Crippen LogP contribution in [-0.4, -0.2) is 31.4 Å². The van der Waals surface area contributed by atoms with Crippen molar-refractivity contribution in [3.05, 3.63) is 143 Å². The van der Waals surface area contributed by atoms with Gasteiger partial charge < -0.3 is 9.97 Å². The molecule has 0 radical (unpaired) electrons. The van der Waals surface area contributed by atoms with Gasteiger partial charge in [-0.2, -0.15) is 0 Å². The van der Waals surface area contributed by atoms with Gasteiger partial charge in [0, 0.05) is 55.8 Å². The summed E-state index contributed by atoms with van der Waals surface area (Å²) in [4.78, 5) is 18.5. The van der Waals surface area contributed by atoms with Crippen molar-refractivity contribution >= 4 is 69.9 Å². The number of nitrogens with zero attached hydrogens (tertiary/aromatic N) is 2. The fourth-order valence-electron chi connectivity index (χ4n) is 6.96. The average Bonchev–Trinajstić information content (AvgIpc) is 3.97. The van der Waals surface area contributed by atoms with E-state index in [1.807, 2.05) is 23.5 Å². The molecule has 0 aliphatic carbocycles. The van der Waals surface area contributed by atoms with Crippen LogP contribution in [0.5, 0.6) is 0 Å². The zero-order valence-electron chi connectivity index (χ0n) is 27.3. The topological polar surface area (TPSA) is 57.4 Å². The second-order valence-corrected chi connectivity index (χ2v) is 15.4. The van der Waals surface area contributed by atoms with E-state index in [-0.39, 0.29) is 4.58 Å². The predicted octanol–water partition coefficient (Wildman–Crippen LogP) is 11.8. The molecule has 0 spiro atoms. The Morgan fingerprint density at radius 3 is 1.35 bits per heavy atom. The number of H-pyrrole nitrogens is 2. The molecule has 6 heteroatoms. The van der Waals surface area contributed by atoms with E-state index in [0.717, 1.165) is 89.7 Å². The van der Waals surface area contributed by atoms with Gasteiger partial charge in [-0.1, -0.05) is 90.0 Å². The molecule has 8 bridgehead atoms. The number of thioether (sulfide) groups is 2. The van der Waals surface area contributed by atoms with Crippen LogP contribution in [0.25, 0.3) is 79.8 Å². The van der Waals surface area contributed by atoms with E-state index in [1.54, 1.807) is 0 Å². The summed E-state index contributed by atoms with van der Waals surface area (Å²) in [5, 5.41) is 0. The molecule has 3 aromatic heterocycles. The highest BCUT2D eigenvalue weighted by atomic mass is 32.2. The lowest BCUT2D eigenvalue weighted by Gasteiger charge is -2.11. The van der Waals surface area contributed by atoms with Gasteiger partial charge in [-0.3, -0.25) is 0 Å². The first-order valence-corrected chi connectivity index (χ1v) is 18.8. The van der Waals surface area contributed by atoms with E-state index in [1.165, 1.54) is 16.7 Å². The maximum atomic E-state index is 5.41. The van der Waals surface area contributed by atoms with Crippen LogP contribution in [0.3, 0.4) is 0 Å². The van der Waals surface area contributed by atoms with Crippen LogP contribution in [-0.2, 0) is 0 Å². The lowest BCUT2D eigenvalue weighted by molar-refractivity contribution is 1.19. The summed E-state index contributed by atoms with van der Waals surface area (Å²) in [6, 6.07) is 37.0. The molecule has 9 rings (SSSR count). The Balaban J connectivity index is 1.45. The second kappa shape index (κ2) is 12.4. The number of aromatic amines is 2. The minimum absolute atomic E-state index is 0.271. The molecule has 6 aromatic rings. The molecule has 238 valence electrons. The van der Waals surface area contributed by atoms with Crippen molar-refractivity contribution < 1.29 is 0 Å². The highest BCUT2D eigenvalue weighted by molar-refractivity contribution is 8.19. The zero-order valence-corrected chi connectivity index (χ0v) is 29.0. The smallest absolute Gasteiger partial charge is 0.0794 e. The number of fused-ring (bicyclic) bond motifs is 8. The monoisotopic (exact) mass is 670 g/mol. The Morgan fingerprint density at radius 1 is 0.469 bits per heavy atom. The fourth-order valence-corrected chi connectivity index (χ4v) is 9.93. The fraction of sp³-hybridized carbons (Fsp3) is 0.116. The van der Waals surface area contributed by atoms with E-state index >= 15 is 0 Å². The van der Waals surface area contributed by atoms with Crippen LogP contribution in [0.4, 0.5) is 0 Å². The summed E-state index contributed by atoms with van der Waals surface area (Å²) in [7, 11) is 0. The van der Waals surface area contributed by atoms with Gasteiger partial charge in [-0.05, 0) is 79.1 Å². The van der Waals surface area contributed by atoms with E-state index < -0.39 is 0 Å². The molecular formula is C43H34N4S2. The number of rotatable bonds is 4. The number of aromatic nitrogens is 4. The quantitative estimate of drug-likeness (QED) is 0.196. The van der Waals surface area contributed by atoms with E-state index in [4.69, 9.17) is 9.97 Å². The van der Waals surface area contributed by atoms with E-state index in [0.29, 0.717) is 0 Å². The molecule has 49 heavy (non-hydrogen) atoms. The normalized spacial score (nSPS) is 14.2. The van der Waals surface area contributed by atoms with Crippen molar-refractivity contribution in [3.63, 3.8) is 0 Å². The van der Waals surface area contributed by atoms with Gasteiger partial charge >= 0.3 is 0 Å². The third kappa shape index (κ3) is 5.55. The van der Waals surface area contributed by atoms with E-state index in [9.17, 15) is 0 Å².